The summed E-state index contributed by atoms with van der Waals surface area (Å²) in [5.74, 6) is 0.292. The molecule has 1 aromatic carbocycles. The SMILES string of the molecule is CN1CC=C(c2ccc(-c3ccc(NC(=O)C4CCN(C5CCN(C)CC5)C4)s3)cc2)CC1. The summed E-state index contributed by atoms with van der Waals surface area (Å²) in [6, 6.07) is 13.7. The second kappa shape index (κ2) is 10.1. The van der Waals surface area contributed by atoms with Crippen LogP contribution in [0, 0.1) is 5.92 Å². The highest BCUT2D eigenvalue weighted by Crippen LogP contribution is 2.33. The monoisotopic (exact) mass is 464 g/mol. The first-order chi connectivity index (χ1) is 16.0. The molecule has 176 valence electrons. The van der Waals surface area contributed by atoms with Gasteiger partial charge in [-0.1, -0.05) is 30.3 Å². The van der Waals surface area contributed by atoms with Crippen LogP contribution < -0.4 is 5.32 Å². The molecule has 0 saturated carbocycles. The molecule has 1 N–H and O–H groups in total. The highest BCUT2D eigenvalue weighted by atomic mass is 32.1. The summed E-state index contributed by atoms with van der Waals surface area (Å²) in [6.45, 7) is 6.46. The quantitative estimate of drug-likeness (QED) is 0.708. The summed E-state index contributed by atoms with van der Waals surface area (Å²) < 4.78 is 0. The van der Waals surface area contributed by atoms with Gasteiger partial charge in [-0.25, -0.2) is 0 Å². The number of carbonyl (C=O) groups is 1. The van der Waals surface area contributed by atoms with Crippen molar-refractivity contribution in [3.63, 3.8) is 0 Å². The lowest BCUT2D eigenvalue weighted by Crippen LogP contribution is -2.43. The first-order valence-electron chi connectivity index (χ1n) is 12.4. The van der Waals surface area contributed by atoms with Gasteiger partial charge in [-0.15, -0.1) is 11.3 Å². The number of thiophene rings is 1. The van der Waals surface area contributed by atoms with Crippen LogP contribution in [-0.4, -0.2) is 80.0 Å². The van der Waals surface area contributed by atoms with Crippen LogP contribution in [0.25, 0.3) is 16.0 Å². The van der Waals surface area contributed by atoms with Crippen molar-refractivity contribution in [2.24, 2.45) is 5.92 Å². The molecule has 1 aromatic heterocycles. The fourth-order valence-corrected chi connectivity index (χ4v) is 6.27. The molecule has 1 unspecified atom stereocenters. The van der Waals surface area contributed by atoms with Crippen LogP contribution in [0.1, 0.15) is 31.2 Å². The Hall–Kier alpha value is -1.99. The molecule has 6 heteroatoms. The molecule has 0 aliphatic carbocycles. The van der Waals surface area contributed by atoms with Crippen molar-refractivity contribution < 1.29 is 4.79 Å². The Balaban J connectivity index is 1.16. The van der Waals surface area contributed by atoms with Crippen LogP contribution in [-0.2, 0) is 4.79 Å². The number of nitrogens with zero attached hydrogens (tertiary/aromatic N) is 3. The molecule has 3 aliphatic rings. The third-order valence-electron chi connectivity index (χ3n) is 7.60. The van der Waals surface area contributed by atoms with Crippen molar-refractivity contribution in [3.05, 3.63) is 48.0 Å². The maximum Gasteiger partial charge on any atom is 0.229 e. The number of hydrogen-bond donors (Lipinski definition) is 1. The lowest BCUT2D eigenvalue weighted by Gasteiger charge is -2.35. The Morgan fingerprint density at radius 2 is 1.67 bits per heavy atom. The van der Waals surface area contributed by atoms with Crippen molar-refractivity contribution in [2.45, 2.75) is 31.7 Å². The normalized spacial score (nSPS) is 23.6. The molecule has 0 radical (unpaired) electrons. The molecular formula is C27H36N4OS. The molecule has 33 heavy (non-hydrogen) atoms. The summed E-state index contributed by atoms with van der Waals surface area (Å²) in [5.41, 5.74) is 3.99. The van der Waals surface area contributed by atoms with Crippen LogP contribution in [0.4, 0.5) is 5.00 Å². The van der Waals surface area contributed by atoms with E-state index in [2.05, 4.69) is 76.6 Å². The van der Waals surface area contributed by atoms with Gasteiger partial charge in [-0.2, -0.15) is 0 Å². The van der Waals surface area contributed by atoms with E-state index in [0.717, 1.165) is 44.0 Å². The van der Waals surface area contributed by atoms with Gasteiger partial charge < -0.3 is 15.1 Å². The van der Waals surface area contributed by atoms with Crippen molar-refractivity contribution in [2.75, 3.05) is 58.7 Å². The molecule has 4 heterocycles. The second-order valence-electron chi connectivity index (χ2n) is 9.99. The Labute approximate surface area is 202 Å². The van der Waals surface area contributed by atoms with E-state index in [1.807, 2.05) is 0 Å². The number of rotatable bonds is 5. The topological polar surface area (TPSA) is 38.8 Å². The van der Waals surface area contributed by atoms with Gasteiger partial charge in [0.25, 0.3) is 0 Å². The van der Waals surface area contributed by atoms with E-state index in [9.17, 15) is 4.79 Å². The van der Waals surface area contributed by atoms with Gasteiger partial charge in [-0.05, 0) is 88.2 Å². The van der Waals surface area contributed by atoms with Crippen LogP contribution in [0.15, 0.2) is 42.5 Å². The predicted octanol–water partition coefficient (Wildman–Crippen LogP) is 4.49. The van der Waals surface area contributed by atoms with Crippen molar-refractivity contribution >= 4 is 27.8 Å². The number of amides is 1. The second-order valence-corrected chi connectivity index (χ2v) is 11.1. The third kappa shape index (κ3) is 5.40. The van der Waals surface area contributed by atoms with Gasteiger partial charge in [-0.3, -0.25) is 9.69 Å². The molecule has 2 fully saturated rings. The molecule has 3 aliphatic heterocycles. The third-order valence-corrected chi connectivity index (χ3v) is 8.65. The average Bonchev–Trinajstić information content (AvgIpc) is 3.51. The fraction of sp³-hybridized carbons (Fsp3) is 0.519. The number of benzene rings is 1. The van der Waals surface area contributed by atoms with E-state index < -0.39 is 0 Å². The number of carbonyl (C=O) groups excluding carboxylic acids is 1. The minimum Gasteiger partial charge on any atom is -0.317 e. The molecule has 0 bridgehead atoms. The first kappa shape index (κ1) is 22.8. The fourth-order valence-electron chi connectivity index (χ4n) is 5.36. The van der Waals surface area contributed by atoms with Crippen molar-refractivity contribution in [3.8, 4) is 10.4 Å². The zero-order valence-electron chi connectivity index (χ0n) is 19.9. The van der Waals surface area contributed by atoms with Crippen molar-refractivity contribution in [1.29, 1.82) is 0 Å². The van der Waals surface area contributed by atoms with Crippen LogP contribution in [0.2, 0.25) is 0 Å². The van der Waals surface area contributed by atoms with E-state index in [1.54, 1.807) is 11.3 Å². The summed E-state index contributed by atoms with van der Waals surface area (Å²) in [6.07, 6.45) is 6.89. The van der Waals surface area contributed by atoms with Crippen LogP contribution >= 0.6 is 11.3 Å². The number of likely N-dealkylation sites (tertiary alicyclic amines) is 2. The minimum atomic E-state index is 0.109. The van der Waals surface area contributed by atoms with Gasteiger partial charge in [0.15, 0.2) is 0 Å². The predicted molar refractivity (Wildman–Crippen MR) is 139 cm³/mol. The molecule has 0 spiro atoms. The molecule has 1 amide bonds. The Morgan fingerprint density at radius 1 is 0.909 bits per heavy atom. The summed E-state index contributed by atoms with van der Waals surface area (Å²) in [7, 11) is 4.37. The number of hydrogen-bond acceptors (Lipinski definition) is 5. The Morgan fingerprint density at radius 3 is 2.39 bits per heavy atom. The average molecular weight is 465 g/mol. The summed E-state index contributed by atoms with van der Waals surface area (Å²) in [5, 5.41) is 4.16. The zero-order chi connectivity index (χ0) is 22.8. The minimum absolute atomic E-state index is 0.109. The number of piperidine rings is 1. The maximum absolute atomic E-state index is 12.9. The van der Waals surface area contributed by atoms with E-state index >= 15 is 0 Å². The summed E-state index contributed by atoms with van der Waals surface area (Å²) in [4.78, 5) is 21.4. The molecule has 1 atom stereocenters. The van der Waals surface area contributed by atoms with Crippen LogP contribution in [0.5, 0.6) is 0 Å². The van der Waals surface area contributed by atoms with E-state index in [4.69, 9.17) is 0 Å². The van der Waals surface area contributed by atoms with Gasteiger partial charge in [0.1, 0.15) is 0 Å². The molecule has 2 saturated heterocycles. The lowest BCUT2D eigenvalue weighted by molar-refractivity contribution is -0.119. The van der Waals surface area contributed by atoms with Crippen LogP contribution in [0.3, 0.4) is 0 Å². The largest absolute Gasteiger partial charge is 0.317 e. The standard InChI is InChI=1S/C27H36N4OS/c1-29-14-9-21(10-15-29)20-3-5-22(6-4-20)25-7-8-26(33-25)28-27(32)23-11-18-31(19-23)24-12-16-30(2)17-13-24/h3-9,23-24H,10-19H2,1-2H3,(H,28,32). The Bertz CT molecular complexity index is 990. The maximum atomic E-state index is 12.9. The van der Waals surface area contributed by atoms with E-state index in [-0.39, 0.29) is 11.8 Å². The smallest absolute Gasteiger partial charge is 0.229 e. The lowest BCUT2D eigenvalue weighted by atomic mass is 9.98. The molecular weight excluding hydrogens is 428 g/mol. The van der Waals surface area contributed by atoms with Crippen molar-refractivity contribution in [1.82, 2.24) is 14.7 Å². The van der Waals surface area contributed by atoms with E-state index in [0.29, 0.717) is 6.04 Å². The van der Waals surface area contributed by atoms with Gasteiger partial charge >= 0.3 is 0 Å². The Kier molecular flexibility index (Phi) is 6.97. The molecule has 2 aromatic rings. The van der Waals surface area contributed by atoms with Gasteiger partial charge in [0.2, 0.25) is 5.91 Å². The highest BCUT2D eigenvalue weighted by molar-refractivity contribution is 7.19. The molecule has 5 rings (SSSR count). The molecule has 5 nitrogen and oxygen atoms in total. The first-order valence-corrected chi connectivity index (χ1v) is 13.2. The highest BCUT2D eigenvalue weighted by Gasteiger charge is 2.33. The van der Waals surface area contributed by atoms with Gasteiger partial charge in [0, 0.05) is 30.6 Å². The van der Waals surface area contributed by atoms with E-state index in [1.165, 1.54) is 47.5 Å². The number of nitrogens with one attached hydrogen (secondary N) is 1. The summed E-state index contributed by atoms with van der Waals surface area (Å²) >= 11 is 1.67. The van der Waals surface area contributed by atoms with Gasteiger partial charge in [0.05, 0.1) is 10.9 Å². The zero-order valence-corrected chi connectivity index (χ0v) is 20.7. The number of likely N-dealkylation sites (N-methyl/N-ethyl adjacent to an activating group) is 1. The number of anilines is 1.